The van der Waals surface area contributed by atoms with Crippen molar-refractivity contribution in [2.24, 2.45) is 0 Å². The molecule has 106 valence electrons. The summed E-state index contributed by atoms with van der Waals surface area (Å²) in [6.45, 7) is 6.74. The van der Waals surface area contributed by atoms with Crippen LogP contribution in [0.5, 0.6) is 0 Å². The first kappa shape index (κ1) is 15.4. The number of hydrogen-bond donors (Lipinski definition) is 1. The highest BCUT2D eigenvalue weighted by atomic mass is 32.2. The second-order valence-corrected chi connectivity index (χ2v) is 7.61. The van der Waals surface area contributed by atoms with Crippen molar-refractivity contribution in [3.63, 3.8) is 0 Å². The van der Waals surface area contributed by atoms with Crippen LogP contribution in [0, 0.1) is 0 Å². The summed E-state index contributed by atoms with van der Waals surface area (Å²) in [4.78, 5) is 11.6. The van der Waals surface area contributed by atoms with E-state index in [-0.39, 0.29) is 12.5 Å². The van der Waals surface area contributed by atoms with E-state index in [1.807, 2.05) is 0 Å². The van der Waals surface area contributed by atoms with E-state index in [2.05, 4.69) is 12.2 Å². The van der Waals surface area contributed by atoms with Crippen molar-refractivity contribution in [2.45, 2.75) is 51.2 Å². The van der Waals surface area contributed by atoms with E-state index < -0.39 is 14.8 Å². The molecule has 1 saturated heterocycles. The molecule has 1 fully saturated rings. The molecule has 1 rings (SSSR count). The van der Waals surface area contributed by atoms with Gasteiger partial charge in [-0.05, 0) is 26.8 Å². The molecule has 0 atom stereocenters. The van der Waals surface area contributed by atoms with Gasteiger partial charge in [-0.15, -0.1) is 0 Å². The van der Waals surface area contributed by atoms with Gasteiger partial charge in [0, 0.05) is 13.1 Å². The van der Waals surface area contributed by atoms with E-state index in [1.54, 1.807) is 0 Å². The Hall–Kier alpha value is -0.620. The Morgan fingerprint density at radius 2 is 1.83 bits per heavy atom. The lowest BCUT2D eigenvalue weighted by Gasteiger charge is -2.43. The maximum atomic E-state index is 11.8. The van der Waals surface area contributed by atoms with Crippen LogP contribution in [-0.2, 0) is 14.8 Å². The Morgan fingerprint density at radius 3 is 2.39 bits per heavy atom. The molecule has 0 aromatic rings. The molecule has 0 unspecified atom stereocenters. The summed E-state index contributed by atoms with van der Waals surface area (Å²) in [7, 11) is -3.41. The van der Waals surface area contributed by atoms with Gasteiger partial charge in [0.05, 0.1) is 0 Å². The van der Waals surface area contributed by atoms with E-state index in [4.69, 9.17) is 0 Å². The van der Waals surface area contributed by atoms with Crippen molar-refractivity contribution in [1.82, 2.24) is 9.62 Å². The van der Waals surface area contributed by atoms with E-state index in [0.29, 0.717) is 6.54 Å². The number of carbonyl (C=O) groups is 1. The van der Waals surface area contributed by atoms with Gasteiger partial charge in [-0.3, -0.25) is 4.79 Å². The van der Waals surface area contributed by atoms with Crippen molar-refractivity contribution in [1.29, 1.82) is 0 Å². The molecule has 1 amide bonds. The number of carbonyl (C=O) groups excluding carboxylic acids is 1. The van der Waals surface area contributed by atoms with Gasteiger partial charge in [-0.25, -0.2) is 12.7 Å². The van der Waals surface area contributed by atoms with Gasteiger partial charge in [0.15, 0.2) is 4.75 Å². The summed E-state index contributed by atoms with van der Waals surface area (Å²) < 4.78 is 23.3. The van der Waals surface area contributed by atoms with Gasteiger partial charge in [-0.1, -0.05) is 26.2 Å². The molecule has 0 aliphatic carbocycles. The van der Waals surface area contributed by atoms with Crippen LogP contribution in [0.1, 0.15) is 46.5 Å². The van der Waals surface area contributed by atoms with Crippen LogP contribution in [0.3, 0.4) is 0 Å². The molecular weight excluding hydrogens is 252 g/mol. The lowest BCUT2D eigenvalue weighted by molar-refractivity contribution is -0.132. The smallest absolute Gasteiger partial charge is 0.258 e. The average molecular weight is 276 g/mol. The third-order valence-electron chi connectivity index (χ3n) is 3.38. The highest BCUT2D eigenvalue weighted by Gasteiger charge is 2.59. The Bertz CT molecular complexity index is 390. The van der Waals surface area contributed by atoms with E-state index >= 15 is 0 Å². The monoisotopic (exact) mass is 276 g/mol. The van der Waals surface area contributed by atoms with Gasteiger partial charge in [-0.2, -0.15) is 0 Å². The van der Waals surface area contributed by atoms with E-state index in [9.17, 15) is 13.2 Å². The summed E-state index contributed by atoms with van der Waals surface area (Å²) in [5.74, 6) is -0.296. The number of hydrogen-bond acceptors (Lipinski definition) is 4. The van der Waals surface area contributed by atoms with Crippen LogP contribution < -0.4 is 5.32 Å². The number of sulfonamides is 1. The standard InChI is InChI=1S/C12H24N2O3S/c1-4-5-6-7-8-13-9-10-14-11(15)12(2,3)18(14,16)17/h13H,4-10H2,1-3H3. The van der Waals surface area contributed by atoms with Crippen molar-refractivity contribution >= 4 is 15.9 Å². The summed E-state index contributed by atoms with van der Waals surface area (Å²) in [5.41, 5.74) is 0. The minimum atomic E-state index is -3.41. The Balaban J connectivity index is 2.20. The highest BCUT2D eigenvalue weighted by molar-refractivity contribution is 7.94. The van der Waals surface area contributed by atoms with Gasteiger partial charge in [0.25, 0.3) is 15.9 Å². The number of unbranched alkanes of at least 4 members (excludes halogenated alkanes) is 3. The lowest BCUT2D eigenvalue weighted by atomic mass is 10.2. The predicted molar refractivity (Wildman–Crippen MR) is 71.7 cm³/mol. The molecule has 18 heavy (non-hydrogen) atoms. The first-order valence-electron chi connectivity index (χ1n) is 6.63. The Kier molecular flexibility index (Phi) is 5.16. The van der Waals surface area contributed by atoms with E-state index in [1.165, 1.54) is 33.1 Å². The molecule has 0 aromatic heterocycles. The van der Waals surface area contributed by atoms with Gasteiger partial charge in [0.1, 0.15) is 0 Å². The molecule has 6 heteroatoms. The zero-order valence-electron chi connectivity index (χ0n) is 11.5. The van der Waals surface area contributed by atoms with Crippen molar-refractivity contribution in [3.8, 4) is 0 Å². The van der Waals surface area contributed by atoms with Crippen molar-refractivity contribution in [3.05, 3.63) is 0 Å². The molecular formula is C12H24N2O3S. The quantitative estimate of drug-likeness (QED) is 0.674. The molecule has 0 saturated carbocycles. The molecule has 1 N–H and O–H groups in total. The fourth-order valence-electron chi connectivity index (χ4n) is 1.96. The molecule has 5 nitrogen and oxygen atoms in total. The zero-order chi connectivity index (χ0) is 13.8. The fourth-order valence-corrected chi connectivity index (χ4v) is 3.49. The molecule has 0 spiro atoms. The third kappa shape index (κ3) is 2.85. The molecule has 1 aliphatic rings. The number of nitrogens with one attached hydrogen (secondary N) is 1. The van der Waals surface area contributed by atoms with Crippen LogP contribution in [0.25, 0.3) is 0 Å². The third-order valence-corrected chi connectivity index (χ3v) is 5.77. The van der Waals surface area contributed by atoms with Crippen LogP contribution >= 0.6 is 0 Å². The van der Waals surface area contributed by atoms with Crippen LogP contribution in [-0.4, -0.2) is 43.0 Å². The summed E-state index contributed by atoms with van der Waals surface area (Å²) in [5, 5.41) is 3.17. The second-order valence-electron chi connectivity index (χ2n) is 5.20. The minimum Gasteiger partial charge on any atom is -0.315 e. The van der Waals surface area contributed by atoms with Gasteiger partial charge < -0.3 is 5.32 Å². The molecule has 0 aromatic carbocycles. The summed E-state index contributed by atoms with van der Waals surface area (Å²) >= 11 is 0. The summed E-state index contributed by atoms with van der Waals surface area (Å²) in [6.07, 6.45) is 4.72. The Labute approximate surface area is 110 Å². The topological polar surface area (TPSA) is 66.5 Å². The van der Waals surface area contributed by atoms with Crippen molar-refractivity contribution < 1.29 is 13.2 Å². The van der Waals surface area contributed by atoms with E-state index in [0.717, 1.165) is 17.3 Å². The number of rotatable bonds is 8. The zero-order valence-corrected chi connectivity index (χ0v) is 12.3. The molecule has 1 heterocycles. The maximum Gasteiger partial charge on any atom is 0.258 e. The van der Waals surface area contributed by atoms with Gasteiger partial charge in [0.2, 0.25) is 0 Å². The van der Waals surface area contributed by atoms with Crippen LogP contribution in [0.15, 0.2) is 0 Å². The summed E-state index contributed by atoms with van der Waals surface area (Å²) in [6, 6.07) is 0. The lowest BCUT2D eigenvalue weighted by Crippen LogP contribution is -2.68. The maximum absolute atomic E-state index is 11.8. The molecule has 0 radical (unpaired) electrons. The second kappa shape index (κ2) is 6.02. The predicted octanol–water partition coefficient (Wildman–Crippen LogP) is 1.11. The number of amides is 1. The van der Waals surface area contributed by atoms with Gasteiger partial charge >= 0.3 is 0 Å². The minimum absolute atomic E-state index is 0.248. The highest BCUT2D eigenvalue weighted by Crippen LogP contribution is 2.34. The molecule has 0 bridgehead atoms. The SMILES string of the molecule is CCCCCCNCCN1C(=O)C(C)(C)S1(=O)=O. The fraction of sp³-hybridized carbons (Fsp3) is 0.917. The largest absolute Gasteiger partial charge is 0.315 e. The van der Waals surface area contributed by atoms with Crippen molar-refractivity contribution in [2.75, 3.05) is 19.6 Å². The van der Waals surface area contributed by atoms with Crippen LogP contribution in [0.2, 0.25) is 0 Å². The average Bonchev–Trinajstić information content (AvgIpc) is 2.31. The molecule has 1 aliphatic heterocycles. The van der Waals surface area contributed by atoms with Crippen LogP contribution in [0.4, 0.5) is 0 Å². The Morgan fingerprint density at radius 1 is 1.17 bits per heavy atom. The number of nitrogens with zero attached hydrogens (tertiary/aromatic N) is 1. The normalized spacial score (nSPS) is 20.8. The first-order valence-corrected chi connectivity index (χ1v) is 8.07. The first-order chi connectivity index (χ1) is 8.35.